The van der Waals surface area contributed by atoms with E-state index in [2.05, 4.69) is 67.9 Å². The van der Waals surface area contributed by atoms with Crippen molar-refractivity contribution in [2.45, 2.75) is 26.3 Å². The Bertz CT molecular complexity index is 567. The average Bonchev–Trinajstić information content (AvgIpc) is 2.51. The minimum absolute atomic E-state index is 0.0674. The second-order valence-corrected chi connectivity index (χ2v) is 5.01. The summed E-state index contributed by atoms with van der Waals surface area (Å²) in [5.74, 6) is 0. The predicted molar refractivity (Wildman–Crippen MR) is 65.2 cm³/mol. The summed E-state index contributed by atoms with van der Waals surface area (Å²) in [6, 6.07) is 13.0. The van der Waals surface area contributed by atoms with Gasteiger partial charge in [0.2, 0.25) is 5.69 Å². The van der Waals surface area contributed by atoms with Crippen molar-refractivity contribution in [3.05, 3.63) is 53.7 Å². The molecule has 1 aromatic heterocycles. The number of aromatic nitrogens is 1. The Hall–Kier alpha value is -1.63. The van der Waals surface area contributed by atoms with Crippen molar-refractivity contribution in [1.29, 1.82) is 0 Å². The summed E-state index contributed by atoms with van der Waals surface area (Å²) in [5.41, 5.74) is 5.60. The molecule has 1 aliphatic heterocycles. The van der Waals surface area contributed by atoms with Gasteiger partial charge in [0.15, 0.2) is 11.7 Å². The summed E-state index contributed by atoms with van der Waals surface area (Å²) in [5, 5.41) is 0. The van der Waals surface area contributed by atoms with Crippen LogP contribution in [0, 0.1) is 6.92 Å². The molecule has 1 heteroatoms. The third kappa shape index (κ3) is 1.03. The SMILES string of the molecule is Cc1cccc2c1-c1cccc[n+]1C2(C)C. The molecule has 0 unspecified atom stereocenters. The maximum atomic E-state index is 2.37. The summed E-state index contributed by atoms with van der Waals surface area (Å²) in [6.45, 7) is 6.75. The van der Waals surface area contributed by atoms with Crippen LogP contribution in [0.25, 0.3) is 11.3 Å². The van der Waals surface area contributed by atoms with E-state index in [1.54, 1.807) is 0 Å². The van der Waals surface area contributed by atoms with E-state index in [0.717, 1.165) is 0 Å². The molecule has 0 aliphatic carbocycles. The minimum atomic E-state index is 0.0674. The van der Waals surface area contributed by atoms with Crippen molar-refractivity contribution in [2.24, 2.45) is 0 Å². The first-order valence-corrected chi connectivity index (χ1v) is 5.74. The molecule has 2 heterocycles. The molecular weight excluding hydrogens is 194 g/mol. The van der Waals surface area contributed by atoms with Gasteiger partial charge in [-0.25, -0.2) is 0 Å². The number of hydrogen-bond acceptors (Lipinski definition) is 0. The monoisotopic (exact) mass is 210 g/mol. The lowest BCUT2D eigenvalue weighted by molar-refractivity contribution is -0.731. The molecule has 0 amide bonds. The largest absolute Gasteiger partial charge is 0.214 e. The summed E-state index contributed by atoms with van der Waals surface area (Å²) >= 11 is 0. The molecule has 2 aromatic rings. The highest BCUT2D eigenvalue weighted by Crippen LogP contribution is 2.38. The minimum Gasteiger partial charge on any atom is -0.189 e. The third-order valence-electron chi connectivity index (χ3n) is 3.65. The number of benzene rings is 1. The van der Waals surface area contributed by atoms with Crippen LogP contribution in [0.2, 0.25) is 0 Å². The molecule has 0 N–H and O–H groups in total. The zero-order valence-corrected chi connectivity index (χ0v) is 9.99. The molecule has 3 rings (SSSR count). The van der Waals surface area contributed by atoms with E-state index in [4.69, 9.17) is 0 Å². The van der Waals surface area contributed by atoms with Gasteiger partial charge < -0.3 is 0 Å². The fraction of sp³-hybridized carbons (Fsp3) is 0.267. The Morgan fingerprint density at radius 2 is 1.81 bits per heavy atom. The smallest absolute Gasteiger partial charge is 0.189 e. The maximum absolute atomic E-state index is 2.37. The van der Waals surface area contributed by atoms with E-state index in [0.29, 0.717) is 0 Å². The highest BCUT2D eigenvalue weighted by atomic mass is 15.1. The van der Waals surface area contributed by atoms with Crippen molar-refractivity contribution in [3.8, 4) is 11.3 Å². The molecule has 1 aliphatic rings. The van der Waals surface area contributed by atoms with Crippen LogP contribution in [0.1, 0.15) is 25.0 Å². The van der Waals surface area contributed by atoms with Crippen LogP contribution in [-0.4, -0.2) is 0 Å². The molecule has 0 radical (unpaired) electrons. The molecule has 16 heavy (non-hydrogen) atoms. The summed E-state index contributed by atoms with van der Waals surface area (Å²) in [4.78, 5) is 0. The predicted octanol–water partition coefficient (Wildman–Crippen LogP) is 3.05. The molecule has 0 spiro atoms. The highest BCUT2D eigenvalue weighted by Gasteiger charge is 2.43. The zero-order chi connectivity index (χ0) is 11.3. The van der Waals surface area contributed by atoms with Crippen LogP contribution in [0.5, 0.6) is 0 Å². The van der Waals surface area contributed by atoms with Gasteiger partial charge in [0, 0.05) is 31.5 Å². The molecule has 0 bridgehead atoms. The zero-order valence-electron chi connectivity index (χ0n) is 9.99. The van der Waals surface area contributed by atoms with Crippen LogP contribution in [0.15, 0.2) is 42.6 Å². The normalized spacial score (nSPS) is 15.7. The molecule has 0 atom stereocenters. The Kier molecular flexibility index (Phi) is 1.76. The number of pyridine rings is 1. The fourth-order valence-electron chi connectivity index (χ4n) is 2.78. The van der Waals surface area contributed by atoms with Crippen LogP contribution in [0.3, 0.4) is 0 Å². The van der Waals surface area contributed by atoms with Gasteiger partial charge in [0.05, 0.1) is 5.56 Å². The van der Waals surface area contributed by atoms with Crippen molar-refractivity contribution >= 4 is 0 Å². The molecule has 80 valence electrons. The second kappa shape index (κ2) is 2.94. The molecule has 0 saturated heterocycles. The molecule has 0 fully saturated rings. The van der Waals surface area contributed by atoms with E-state index in [1.165, 1.54) is 22.4 Å². The van der Waals surface area contributed by atoms with E-state index < -0.39 is 0 Å². The number of nitrogens with zero attached hydrogens (tertiary/aromatic N) is 1. The topological polar surface area (TPSA) is 3.88 Å². The van der Waals surface area contributed by atoms with Crippen LogP contribution < -0.4 is 4.57 Å². The van der Waals surface area contributed by atoms with Gasteiger partial charge >= 0.3 is 0 Å². The van der Waals surface area contributed by atoms with Gasteiger partial charge in [-0.15, -0.1) is 0 Å². The number of hydrogen-bond donors (Lipinski definition) is 0. The Morgan fingerprint density at radius 3 is 2.62 bits per heavy atom. The van der Waals surface area contributed by atoms with Gasteiger partial charge in [0.1, 0.15) is 0 Å². The second-order valence-electron chi connectivity index (χ2n) is 5.01. The third-order valence-corrected chi connectivity index (χ3v) is 3.65. The lowest BCUT2D eigenvalue weighted by Crippen LogP contribution is -2.50. The fourth-order valence-corrected chi connectivity index (χ4v) is 2.78. The lowest BCUT2D eigenvalue weighted by atomic mass is 9.91. The quantitative estimate of drug-likeness (QED) is 0.588. The first-order valence-electron chi connectivity index (χ1n) is 5.74. The standard InChI is InChI=1S/C15H16N/c1-11-7-6-8-12-14(11)13-9-4-5-10-16(13)15(12,2)3/h4-10H,1-3H3/q+1. The lowest BCUT2D eigenvalue weighted by Gasteiger charge is -2.14. The van der Waals surface area contributed by atoms with Gasteiger partial charge in [-0.3, -0.25) is 0 Å². The first kappa shape index (κ1) is 9.59. The summed E-state index contributed by atoms with van der Waals surface area (Å²) in [7, 11) is 0. The maximum Gasteiger partial charge on any atom is 0.214 e. The average molecular weight is 210 g/mol. The van der Waals surface area contributed by atoms with Crippen LogP contribution in [0.4, 0.5) is 0 Å². The van der Waals surface area contributed by atoms with Gasteiger partial charge in [-0.2, -0.15) is 4.57 Å². The Labute approximate surface area is 96.4 Å². The molecule has 1 aromatic carbocycles. The van der Waals surface area contributed by atoms with Crippen molar-refractivity contribution in [1.82, 2.24) is 0 Å². The Morgan fingerprint density at radius 1 is 1.00 bits per heavy atom. The van der Waals surface area contributed by atoms with Crippen LogP contribution in [-0.2, 0) is 5.54 Å². The van der Waals surface area contributed by atoms with Gasteiger partial charge in [-0.05, 0) is 18.6 Å². The van der Waals surface area contributed by atoms with Crippen molar-refractivity contribution in [3.63, 3.8) is 0 Å². The van der Waals surface area contributed by atoms with Crippen molar-refractivity contribution < 1.29 is 4.57 Å². The van der Waals surface area contributed by atoms with Crippen LogP contribution >= 0.6 is 0 Å². The van der Waals surface area contributed by atoms with E-state index >= 15 is 0 Å². The number of fused-ring (bicyclic) bond motifs is 3. The highest BCUT2D eigenvalue weighted by molar-refractivity contribution is 5.69. The summed E-state index contributed by atoms with van der Waals surface area (Å²) in [6.07, 6.45) is 2.18. The van der Waals surface area contributed by atoms with Crippen molar-refractivity contribution in [2.75, 3.05) is 0 Å². The molecular formula is C15H16N+. The molecule has 1 nitrogen and oxygen atoms in total. The van der Waals surface area contributed by atoms with E-state index in [9.17, 15) is 0 Å². The summed E-state index contributed by atoms with van der Waals surface area (Å²) < 4.78 is 2.37. The number of rotatable bonds is 0. The number of aryl methyl sites for hydroxylation is 1. The van der Waals surface area contributed by atoms with Gasteiger partial charge in [0.25, 0.3) is 0 Å². The van der Waals surface area contributed by atoms with Gasteiger partial charge in [-0.1, -0.05) is 18.2 Å². The first-order chi connectivity index (χ1) is 7.62. The van der Waals surface area contributed by atoms with E-state index in [1.807, 2.05) is 0 Å². The molecule has 0 saturated carbocycles. The van der Waals surface area contributed by atoms with E-state index in [-0.39, 0.29) is 5.54 Å². The Balaban J connectivity index is 2.45.